The number of hydrogen-bond donors (Lipinski definition) is 2. The fourth-order valence-corrected chi connectivity index (χ4v) is 1.38. The number of benzene rings is 1. The number of carbonyl (C=O) groups is 2. The Bertz CT molecular complexity index is 414. The van der Waals surface area contributed by atoms with E-state index >= 15 is 0 Å². The summed E-state index contributed by atoms with van der Waals surface area (Å²) in [4.78, 5) is 23.9. The second kappa shape index (κ2) is 5.45. The van der Waals surface area contributed by atoms with Crippen molar-refractivity contribution in [3.05, 3.63) is 29.8 Å². The van der Waals surface area contributed by atoms with Gasteiger partial charge in [-0.1, -0.05) is 6.92 Å². The number of likely N-dealkylation sites (N-methyl/N-ethyl adjacent to an activating group) is 1. The number of amides is 1. The lowest BCUT2D eigenvalue weighted by Crippen LogP contribution is -2.41. The number of anilines is 1. The van der Waals surface area contributed by atoms with E-state index in [9.17, 15) is 9.59 Å². The number of carboxylic acid groups (broad SMARTS) is 1. The van der Waals surface area contributed by atoms with Crippen LogP contribution in [0.15, 0.2) is 24.3 Å². The molecule has 0 spiro atoms. The molecule has 1 amide bonds. The van der Waals surface area contributed by atoms with E-state index < -0.39 is 12.0 Å². The lowest BCUT2D eigenvalue weighted by molar-refractivity contribution is -0.119. The van der Waals surface area contributed by atoms with Gasteiger partial charge in [0.15, 0.2) is 0 Å². The Morgan fingerprint density at radius 2 is 1.88 bits per heavy atom. The molecule has 17 heavy (non-hydrogen) atoms. The average molecular weight is 236 g/mol. The number of hydrogen-bond acceptors (Lipinski definition) is 3. The van der Waals surface area contributed by atoms with E-state index in [1.54, 1.807) is 19.2 Å². The first kappa shape index (κ1) is 13.2. The molecular weight excluding hydrogens is 220 g/mol. The zero-order chi connectivity index (χ0) is 13.0. The van der Waals surface area contributed by atoms with E-state index in [1.807, 2.05) is 6.92 Å². The van der Waals surface area contributed by atoms with Gasteiger partial charge < -0.3 is 15.7 Å². The summed E-state index contributed by atoms with van der Waals surface area (Å²) in [7, 11) is 1.62. The Labute approximate surface area is 99.8 Å². The number of nitrogens with zero attached hydrogens (tertiary/aromatic N) is 1. The maximum atomic E-state index is 11.8. The number of aromatic carboxylic acids is 1. The van der Waals surface area contributed by atoms with Crippen molar-refractivity contribution in [2.45, 2.75) is 19.4 Å². The minimum Gasteiger partial charge on any atom is -0.478 e. The van der Waals surface area contributed by atoms with E-state index in [0.29, 0.717) is 12.1 Å². The van der Waals surface area contributed by atoms with E-state index in [2.05, 4.69) is 0 Å². The van der Waals surface area contributed by atoms with Crippen molar-refractivity contribution in [2.24, 2.45) is 5.73 Å². The smallest absolute Gasteiger partial charge is 0.335 e. The molecule has 5 heteroatoms. The topological polar surface area (TPSA) is 83.6 Å². The highest BCUT2D eigenvalue weighted by molar-refractivity contribution is 5.97. The fraction of sp³-hybridized carbons (Fsp3) is 0.333. The lowest BCUT2D eigenvalue weighted by atomic mass is 10.1. The Balaban J connectivity index is 2.86. The monoisotopic (exact) mass is 236 g/mol. The second-order valence-electron chi connectivity index (χ2n) is 3.76. The summed E-state index contributed by atoms with van der Waals surface area (Å²) < 4.78 is 0. The Morgan fingerprint density at radius 1 is 1.35 bits per heavy atom. The molecule has 0 bridgehead atoms. The third kappa shape index (κ3) is 3.04. The van der Waals surface area contributed by atoms with Gasteiger partial charge in [-0.2, -0.15) is 0 Å². The first-order valence-electron chi connectivity index (χ1n) is 5.34. The van der Waals surface area contributed by atoms with Gasteiger partial charge in [-0.15, -0.1) is 0 Å². The first-order valence-corrected chi connectivity index (χ1v) is 5.34. The Hall–Kier alpha value is -1.88. The maximum absolute atomic E-state index is 11.8. The SMILES string of the molecule is CC[C@@H](N)C(=O)N(C)c1ccc(C(=O)O)cc1. The second-order valence-corrected chi connectivity index (χ2v) is 3.76. The third-order valence-corrected chi connectivity index (χ3v) is 2.59. The molecule has 0 saturated carbocycles. The summed E-state index contributed by atoms with van der Waals surface area (Å²) in [6.07, 6.45) is 0.566. The third-order valence-electron chi connectivity index (χ3n) is 2.59. The van der Waals surface area contributed by atoms with Crippen LogP contribution in [-0.4, -0.2) is 30.1 Å². The van der Waals surface area contributed by atoms with Crippen LogP contribution in [0.3, 0.4) is 0 Å². The molecular formula is C12H16N2O3. The molecule has 0 aliphatic rings. The molecule has 0 aromatic heterocycles. The van der Waals surface area contributed by atoms with Gasteiger partial charge in [-0.3, -0.25) is 4.79 Å². The highest BCUT2D eigenvalue weighted by Gasteiger charge is 2.17. The van der Waals surface area contributed by atoms with Gasteiger partial charge in [-0.25, -0.2) is 4.79 Å². The summed E-state index contributed by atoms with van der Waals surface area (Å²) >= 11 is 0. The summed E-state index contributed by atoms with van der Waals surface area (Å²) in [6, 6.07) is 5.56. The Kier molecular flexibility index (Phi) is 4.23. The molecule has 0 aliphatic carbocycles. The standard InChI is InChI=1S/C12H16N2O3/c1-3-10(13)11(15)14(2)9-6-4-8(5-7-9)12(16)17/h4-7,10H,3,13H2,1-2H3,(H,16,17)/t10-/m1/s1. The molecule has 0 fully saturated rings. The molecule has 1 aromatic carbocycles. The molecule has 0 radical (unpaired) electrons. The van der Waals surface area contributed by atoms with Crippen LogP contribution in [-0.2, 0) is 4.79 Å². The summed E-state index contributed by atoms with van der Waals surface area (Å²) in [6.45, 7) is 1.84. The number of carbonyl (C=O) groups excluding carboxylic acids is 1. The van der Waals surface area contributed by atoms with Crippen LogP contribution >= 0.6 is 0 Å². The lowest BCUT2D eigenvalue weighted by Gasteiger charge is -2.20. The van der Waals surface area contributed by atoms with Crippen molar-refractivity contribution in [2.75, 3.05) is 11.9 Å². The Morgan fingerprint density at radius 3 is 2.29 bits per heavy atom. The zero-order valence-corrected chi connectivity index (χ0v) is 9.88. The largest absolute Gasteiger partial charge is 0.478 e. The summed E-state index contributed by atoms with van der Waals surface area (Å²) in [5.41, 5.74) is 6.47. The van der Waals surface area contributed by atoms with Gasteiger partial charge in [0.1, 0.15) is 0 Å². The highest BCUT2D eigenvalue weighted by atomic mass is 16.4. The molecule has 92 valence electrons. The quantitative estimate of drug-likeness (QED) is 0.819. The number of nitrogens with two attached hydrogens (primary N) is 1. The molecule has 5 nitrogen and oxygen atoms in total. The number of rotatable bonds is 4. The first-order chi connectivity index (χ1) is 7.97. The van der Waals surface area contributed by atoms with Crippen molar-refractivity contribution >= 4 is 17.6 Å². The van der Waals surface area contributed by atoms with Crippen LogP contribution in [0.5, 0.6) is 0 Å². The van der Waals surface area contributed by atoms with Crippen LogP contribution in [0.4, 0.5) is 5.69 Å². The molecule has 0 unspecified atom stereocenters. The summed E-state index contributed by atoms with van der Waals surface area (Å²) in [5.74, 6) is -1.17. The molecule has 0 saturated heterocycles. The van der Waals surface area contributed by atoms with Gasteiger partial charge in [0.25, 0.3) is 0 Å². The van der Waals surface area contributed by atoms with Gasteiger partial charge >= 0.3 is 5.97 Å². The minimum atomic E-state index is -0.990. The minimum absolute atomic E-state index is 0.185. The van der Waals surface area contributed by atoms with E-state index in [0.717, 1.165) is 0 Å². The molecule has 0 aliphatic heterocycles. The maximum Gasteiger partial charge on any atom is 0.335 e. The van der Waals surface area contributed by atoms with Gasteiger partial charge in [0.05, 0.1) is 11.6 Å². The van der Waals surface area contributed by atoms with Crippen molar-refractivity contribution in [3.8, 4) is 0 Å². The van der Waals surface area contributed by atoms with Gasteiger partial charge in [0.2, 0.25) is 5.91 Å². The normalized spacial score (nSPS) is 11.9. The van der Waals surface area contributed by atoms with Crippen LogP contribution in [0.1, 0.15) is 23.7 Å². The molecule has 0 heterocycles. The fourth-order valence-electron chi connectivity index (χ4n) is 1.38. The van der Waals surface area contributed by atoms with Crippen molar-refractivity contribution in [1.82, 2.24) is 0 Å². The molecule has 1 rings (SSSR count). The zero-order valence-electron chi connectivity index (χ0n) is 9.88. The molecule has 3 N–H and O–H groups in total. The average Bonchev–Trinajstić information content (AvgIpc) is 2.36. The predicted molar refractivity (Wildman–Crippen MR) is 65.1 cm³/mol. The van der Waals surface area contributed by atoms with Crippen LogP contribution < -0.4 is 10.6 Å². The van der Waals surface area contributed by atoms with Gasteiger partial charge in [-0.05, 0) is 30.7 Å². The van der Waals surface area contributed by atoms with E-state index in [-0.39, 0.29) is 11.5 Å². The van der Waals surface area contributed by atoms with E-state index in [4.69, 9.17) is 10.8 Å². The van der Waals surface area contributed by atoms with Crippen LogP contribution in [0.25, 0.3) is 0 Å². The summed E-state index contributed by atoms with van der Waals surface area (Å²) in [5, 5.41) is 8.75. The predicted octanol–water partition coefficient (Wildman–Crippen LogP) is 1.08. The number of carboxylic acids is 1. The highest BCUT2D eigenvalue weighted by Crippen LogP contribution is 2.15. The van der Waals surface area contributed by atoms with Gasteiger partial charge in [0, 0.05) is 12.7 Å². The molecule has 1 atom stereocenters. The van der Waals surface area contributed by atoms with Crippen LogP contribution in [0.2, 0.25) is 0 Å². The van der Waals surface area contributed by atoms with Crippen LogP contribution in [0, 0.1) is 0 Å². The van der Waals surface area contributed by atoms with E-state index in [1.165, 1.54) is 17.0 Å². The van der Waals surface area contributed by atoms with Crippen molar-refractivity contribution in [1.29, 1.82) is 0 Å². The molecule has 1 aromatic rings. The van der Waals surface area contributed by atoms with Crippen molar-refractivity contribution in [3.63, 3.8) is 0 Å². The van der Waals surface area contributed by atoms with Crippen molar-refractivity contribution < 1.29 is 14.7 Å².